The predicted molar refractivity (Wildman–Crippen MR) is 90.3 cm³/mol. The van der Waals surface area contributed by atoms with E-state index in [0.29, 0.717) is 5.56 Å². The van der Waals surface area contributed by atoms with Gasteiger partial charge in [-0.15, -0.1) is 10.2 Å². The molecule has 1 aromatic heterocycles. The quantitative estimate of drug-likeness (QED) is 0.662. The summed E-state index contributed by atoms with van der Waals surface area (Å²) in [5, 5.41) is 11.2. The van der Waals surface area contributed by atoms with Gasteiger partial charge in [-0.05, 0) is 29.5 Å². The third-order valence-electron chi connectivity index (χ3n) is 3.54. The number of hydrazine groups is 1. The molecular formula is C17H13F3N6O2. The van der Waals surface area contributed by atoms with Crippen LogP contribution in [-0.4, -0.2) is 32.0 Å². The molecule has 2 amide bonds. The van der Waals surface area contributed by atoms with Crippen LogP contribution in [0.4, 0.5) is 13.2 Å². The van der Waals surface area contributed by atoms with Crippen LogP contribution >= 0.6 is 0 Å². The molecule has 0 saturated heterocycles. The Morgan fingerprint density at radius 2 is 1.75 bits per heavy atom. The summed E-state index contributed by atoms with van der Waals surface area (Å²) >= 11 is 0. The van der Waals surface area contributed by atoms with Crippen LogP contribution < -0.4 is 10.9 Å². The maximum Gasteiger partial charge on any atom is 0.416 e. The van der Waals surface area contributed by atoms with Crippen molar-refractivity contribution in [2.75, 3.05) is 0 Å². The number of carbonyl (C=O) groups is 2. The number of halogens is 3. The van der Waals surface area contributed by atoms with E-state index in [2.05, 4.69) is 26.3 Å². The van der Waals surface area contributed by atoms with Crippen LogP contribution in [0.5, 0.6) is 0 Å². The van der Waals surface area contributed by atoms with Crippen molar-refractivity contribution in [3.8, 4) is 11.4 Å². The van der Waals surface area contributed by atoms with Gasteiger partial charge in [0.15, 0.2) is 0 Å². The van der Waals surface area contributed by atoms with Gasteiger partial charge in [0.2, 0.25) is 5.82 Å². The van der Waals surface area contributed by atoms with E-state index in [4.69, 9.17) is 0 Å². The fourth-order valence-corrected chi connectivity index (χ4v) is 2.22. The summed E-state index contributed by atoms with van der Waals surface area (Å²) in [6.07, 6.45) is -4.50. The van der Waals surface area contributed by atoms with Crippen molar-refractivity contribution in [2.45, 2.75) is 12.7 Å². The Labute approximate surface area is 156 Å². The molecule has 144 valence electrons. The summed E-state index contributed by atoms with van der Waals surface area (Å²) < 4.78 is 38.4. The van der Waals surface area contributed by atoms with E-state index in [9.17, 15) is 22.8 Å². The Bertz CT molecular complexity index is 988. The predicted octanol–water partition coefficient (Wildman–Crippen LogP) is 1.82. The average molecular weight is 390 g/mol. The van der Waals surface area contributed by atoms with Gasteiger partial charge in [0, 0.05) is 11.1 Å². The SMILES string of the molecule is O=C(Cn1nnc(-c2cccc(C(F)(F)F)c2)n1)NNC(=O)c1ccccc1. The fraction of sp³-hybridized carbons (Fsp3) is 0.118. The lowest BCUT2D eigenvalue weighted by Gasteiger charge is -2.07. The van der Waals surface area contributed by atoms with Gasteiger partial charge in [0.25, 0.3) is 11.8 Å². The summed E-state index contributed by atoms with van der Waals surface area (Å²) in [5.41, 5.74) is 4.04. The normalized spacial score (nSPS) is 11.1. The molecule has 3 rings (SSSR count). The number of benzene rings is 2. The van der Waals surface area contributed by atoms with E-state index in [1.54, 1.807) is 30.3 Å². The van der Waals surface area contributed by atoms with E-state index in [0.717, 1.165) is 16.9 Å². The number of carbonyl (C=O) groups excluding carboxylic acids is 2. The molecule has 0 saturated carbocycles. The average Bonchev–Trinajstić information content (AvgIpc) is 3.14. The van der Waals surface area contributed by atoms with Gasteiger partial charge in [0.05, 0.1) is 5.56 Å². The van der Waals surface area contributed by atoms with E-state index in [1.807, 2.05) is 0 Å². The first-order valence-corrected chi connectivity index (χ1v) is 7.92. The van der Waals surface area contributed by atoms with E-state index in [1.165, 1.54) is 12.1 Å². The van der Waals surface area contributed by atoms with Crippen molar-refractivity contribution in [3.05, 3.63) is 65.7 Å². The molecule has 0 radical (unpaired) electrons. The third kappa shape index (κ3) is 4.69. The van der Waals surface area contributed by atoms with Gasteiger partial charge < -0.3 is 0 Å². The number of rotatable bonds is 4. The van der Waals surface area contributed by atoms with Crippen molar-refractivity contribution in [2.24, 2.45) is 0 Å². The number of hydrogen-bond donors (Lipinski definition) is 2. The highest BCUT2D eigenvalue weighted by molar-refractivity contribution is 5.95. The van der Waals surface area contributed by atoms with Crippen LogP contribution in [0.25, 0.3) is 11.4 Å². The molecule has 0 atom stereocenters. The standard InChI is InChI=1S/C17H13F3N6O2/c18-17(19,20)13-8-4-7-12(9-13)15-22-25-26(24-15)10-14(27)21-23-16(28)11-5-2-1-3-6-11/h1-9H,10H2,(H,21,27)(H,23,28). The molecule has 1 heterocycles. The molecule has 2 aromatic carbocycles. The third-order valence-corrected chi connectivity index (χ3v) is 3.54. The number of hydrogen-bond acceptors (Lipinski definition) is 5. The topological polar surface area (TPSA) is 102 Å². The lowest BCUT2D eigenvalue weighted by molar-refractivity contribution is -0.137. The van der Waals surface area contributed by atoms with E-state index >= 15 is 0 Å². The summed E-state index contributed by atoms with van der Waals surface area (Å²) in [5.74, 6) is -1.21. The van der Waals surface area contributed by atoms with E-state index in [-0.39, 0.29) is 17.9 Å². The van der Waals surface area contributed by atoms with Crippen LogP contribution in [-0.2, 0) is 17.5 Å². The molecule has 0 aliphatic rings. The monoisotopic (exact) mass is 390 g/mol. The minimum atomic E-state index is -4.50. The highest BCUT2D eigenvalue weighted by atomic mass is 19.4. The molecular weight excluding hydrogens is 377 g/mol. The van der Waals surface area contributed by atoms with Gasteiger partial charge in [-0.3, -0.25) is 20.4 Å². The van der Waals surface area contributed by atoms with Crippen LogP contribution in [0.15, 0.2) is 54.6 Å². The summed E-state index contributed by atoms with van der Waals surface area (Å²) in [6.45, 7) is -0.388. The molecule has 0 spiro atoms. The molecule has 2 N–H and O–H groups in total. The summed E-state index contributed by atoms with van der Waals surface area (Å²) in [6, 6.07) is 12.7. The van der Waals surface area contributed by atoms with E-state index < -0.39 is 23.6 Å². The smallest absolute Gasteiger partial charge is 0.271 e. The second-order valence-corrected chi connectivity index (χ2v) is 5.59. The molecule has 0 fully saturated rings. The minimum absolute atomic E-state index is 0.0628. The highest BCUT2D eigenvalue weighted by Gasteiger charge is 2.30. The van der Waals surface area contributed by atoms with Crippen molar-refractivity contribution in [3.63, 3.8) is 0 Å². The van der Waals surface area contributed by atoms with Crippen molar-refractivity contribution in [1.29, 1.82) is 0 Å². The van der Waals surface area contributed by atoms with Gasteiger partial charge >= 0.3 is 6.18 Å². The number of alkyl halides is 3. The molecule has 0 aliphatic carbocycles. The molecule has 11 heteroatoms. The number of tetrazole rings is 1. The Morgan fingerprint density at radius 3 is 2.46 bits per heavy atom. The van der Waals surface area contributed by atoms with Crippen LogP contribution in [0.2, 0.25) is 0 Å². The fourth-order valence-electron chi connectivity index (χ4n) is 2.22. The lowest BCUT2D eigenvalue weighted by Crippen LogP contribution is -2.43. The molecule has 3 aromatic rings. The zero-order chi connectivity index (χ0) is 20.1. The van der Waals surface area contributed by atoms with Crippen molar-refractivity contribution in [1.82, 2.24) is 31.1 Å². The van der Waals surface area contributed by atoms with Crippen molar-refractivity contribution < 1.29 is 22.8 Å². The zero-order valence-corrected chi connectivity index (χ0v) is 14.1. The molecule has 0 unspecified atom stereocenters. The molecule has 8 nitrogen and oxygen atoms in total. The van der Waals surface area contributed by atoms with Gasteiger partial charge in [-0.2, -0.15) is 18.0 Å². The maximum atomic E-state index is 12.8. The van der Waals surface area contributed by atoms with Gasteiger partial charge in [-0.25, -0.2) is 0 Å². The maximum absolute atomic E-state index is 12.8. The summed E-state index contributed by atoms with van der Waals surface area (Å²) in [4.78, 5) is 24.6. The Hall–Kier alpha value is -3.76. The Morgan fingerprint density at radius 1 is 1.00 bits per heavy atom. The largest absolute Gasteiger partial charge is 0.416 e. The zero-order valence-electron chi connectivity index (χ0n) is 14.1. The second-order valence-electron chi connectivity index (χ2n) is 5.59. The number of aromatic nitrogens is 4. The Balaban J connectivity index is 1.60. The van der Waals surface area contributed by atoms with Crippen LogP contribution in [0, 0.1) is 0 Å². The molecule has 0 aliphatic heterocycles. The van der Waals surface area contributed by atoms with Gasteiger partial charge in [-0.1, -0.05) is 30.3 Å². The van der Waals surface area contributed by atoms with Crippen LogP contribution in [0.3, 0.4) is 0 Å². The Kier molecular flexibility index (Phi) is 5.34. The van der Waals surface area contributed by atoms with Crippen molar-refractivity contribution >= 4 is 11.8 Å². The summed E-state index contributed by atoms with van der Waals surface area (Å²) in [7, 11) is 0. The number of nitrogens with zero attached hydrogens (tertiary/aromatic N) is 4. The molecule has 28 heavy (non-hydrogen) atoms. The highest BCUT2D eigenvalue weighted by Crippen LogP contribution is 2.31. The van der Waals surface area contributed by atoms with Gasteiger partial charge in [0.1, 0.15) is 6.54 Å². The number of nitrogens with one attached hydrogen (secondary N) is 2. The lowest BCUT2D eigenvalue weighted by atomic mass is 10.1. The minimum Gasteiger partial charge on any atom is -0.271 e. The van der Waals surface area contributed by atoms with Crippen LogP contribution in [0.1, 0.15) is 15.9 Å². The second kappa shape index (κ2) is 7.86. The first-order valence-electron chi connectivity index (χ1n) is 7.92. The number of amides is 2. The molecule has 0 bridgehead atoms. The first kappa shape index (κ1) is 19.0. The first-order chi connectivity index (χ1) is 13.3.